The first-order valence-corrected chi connectivity index (χ1v) is 7.83. The Labute approximate surface area is 123 Å². The Bertz CT molecular complexity index is 417. The van der Waals surface area contributed by atoms with Crippen LogP contribution >= 0.6 is 27.5 Å². The molecule has 0 aromatic heterocycles. The number of benzene rings is 1. The molecule has 0 heterocycles. The molecule has 1 aliphatic carbocycles. The largest absolute Gasteiger partial charge is 0.309 e. The van der Waals surface area contributed by atoms with Crippen molar-refractivity contribution in [3.63, 3.8) is 0 Å². The minimum absolute atomic E-state index is 0.419. The van der Waals surface area contributed by atoms with Gasteiger partial charge >= 0.3 is 0 Å². The minimum Gasteiger partial charge on any atom is -0.309 e. The van der Waals surface area contributed by atoms with Crippen LogP contribution in [0.2, 0.25) is 5.02 Å². The van der Waals surface area contributed by atoms with Gasteiger partial charge in [0.25, 0.3) is 0 Å². The van der Waals surface area contributed by atoms with E-state index < -0.39 is 0 Å². The van der Waals surface area contributed by atoms with Gasteiger partial charge in [-0.05, 0) is 51.9 Å². The zero-order valence-corrected chi connectivity index (χ0v) is 13.4. The summed E-state index contributed by atoms with van der Waals surface area (Å²) in [6.45, 7) is 5.67. The summed E-state index contributed by atoms with van der Waals surface area (Å²) in [4.78, 5) is 0. The van der Waals surface area contributed by atoms with Crippen molar-refractivity contribution >= 4 is 27.5 Å². The lowest BCUT2D eigenvalue weighted by Gasteiger charge is -2.39. The molecule has 0 spiro atoms. The molecule has 1 atom stereocenters. The van der Waals surface area contributed by atoms with Gasteiger partial charge in [0, 0.05) is 17.1 Å². The van der Waals surface area contributed by atoms with Gasteiger partial charge in [0.1, 0.15) is 0 Å². The smallest absolute Gasteiger partial charge is 0.0548 e. The fourth-order valence-corrected chi connectivity index (χ4v) is 3.31. The van der Waals surface area contributed by atoms with E-state index in [1.54, 1.807) is 0 Å². The first-order chi connectivity index (χ1) is 8.49. The first-order valence-electron chi connectivity index (χ1n) is 6.66. The summed E-state index contributed by atoms with van der Waals surface area (Å²) < 4.78 is 0.978. The highest BCUT2D eigenvalue weighted by Gasteiger charge is 2.31. The van der Waals surface area contributed by atoms with Gasteiger partial charge in [0.05, 0.1) is 5.02 Å². The molecule has 0 aliphatic heterocycles. The third kappa shape index (κ3) is 3.49. The third-order valence-corrected chi connectivity index (χ3v) is 5.26. The van der Waals surface area contributed by atoms with Crippen LogP contribution in [0.1, 0.15) is 45.1 Å². The van der Waals surface area contributed by atoms with E-state index in [1.807, 2.05) is 6.07 Å². The Morgan fingerprint density at radius 1 is 1.39 bits per heavy atom. The van der Waals surface area contributed by atoms with Gasteiger partial charge in [0.2, 0.25) is 0 Å². The van der Waals surface area contributed by atoms with Gasteiger partial charge in [-0.25, -0.2) is 0 Å². The van der Waals surface area contributed by atoms with Gasteiger partial charge < -0.3 is 5.32 Å². The van der Waals surface area contributed by atoms with E-state index in [2.05, 4.69) is 47.2 Å². The normalized spacial score (nSPS) is 23.0. The molecule has 1 aliphatic rings. The Morgan fingerprint density at radius 2 is 2.17 bits per heavy atom. The monoisotopic (exact) mass is 329 g/mol. The van der Waals surface area contributed by atoms with Crippen molar-refractivity contribution in [2.45, 2.75) is 52.1 Å². The second-order valence-electron chi connectivity index (χ2n) is 5.92. The van der Waals surface area contributed by atoms with Crippen molar-refractivity contribution < 1.29 is 0 Å². The van der Waals surface area contributed by atoms with E-state index in [4.69, 9.17) is 11.6 Å². The number of hydrogen-bond acceptors (Lipinski definition) is 1. The predicted molar refractivity (Wildman–Crippen MR) is 82.0 cm³/mol. The van der Waals surface area contributed by atoms with E-state index in [9.17, 15) is 0 Å². The molecule has 2 rings (SSSR count). The molecular formula is C15H21BrClN. The summed E-state index contributed by atoms with van der Waals surface area (Å²) >= 11 is 9.48. The van der Waals surface area contributed by atoms with Crippen LogP contribution in [0.3, 0.4) is 0 Å². The fourth-order valence-electron chi connectivity index (χ4n) is 2.76. The first kappa shape index (κ1) is 14.4. The van der Waals surface area contributed by atoms with Crippen molar-refractivity contribution in [2.75, 3.05) is 0 Å². The van der Waals surface area contributed by atoms with E-state index >= 15 is 0 Å². The molecule has 1 aromatic carbocycles. The molecule has 1 aromatic rings. The molecule has 18 heavy (non-hydrogen) atoms. The standard InChI is InChI=1S/C15H21BrClN/c1-15(2)8-4-3-5-14(15)18-10-11-6-7-13(17)12(16)9-11/h6-7,9,14,18H,3-5,8,10H2,1-2H3. The van der Waals surface area contributed by atoms with Crippen LogP contribution in [0.25, 0.3) is 0 Å². The minimum atomic E-state index is 0.419. The third-order valence-electron chi connectivity index (χ3n) is 4.04. The number of rotatable bonds is 3. The summed E-state index contributed by atoms with van der Waals surface area (Å²) in [7, 11) is 0. The highest BCUT2D eigenvalue weighted by molar-refractivity contribution is 9.10. The lowest BCUT2D eigenvalue weighted by atomic mass is 9.73. The summed E-state index contributed by atoms with van der Waals surface area (Å²) in [5, 5.41) is 4.49. The van der Waals surface area contributed by atoms with E-state index in [1.165, 1.54) is 31.2 Å². The van der Waals surface area contributed by atoms with Crippen LogP contribution in [0.15, 0.2) is 22.7 Å². The zero-order chi connectivity index (χ0) is 13.2. The van der Waals surface area contributed by atoms with Crippen LogP contribution in [0.5, 0.6) is 0 Å². The molecule has 0 amide bonds. The Morgan fingerprint density at radius 3 is 2.83 bits per heavy atom. The molecule has 1 N–H and O–H groups in total. The molecule has 0 saturated heterocycles. The predicted octanol–water partition coefficient (Wildman–Crippen LogP) is 5.16. The maximum absolute atomic E-state index is 6.01. The van der Waals surface area contributed by atoms with Crippen molar-refractivity contribution in [1.82, 2.24) is 5.32 Å². The average molecular weight is 331 g/mol. The van der Waals surface area contributed by atoms with Crippen molar-refractivity contribution in [2.24, 2.45) is 5.41 Å². The Balaban J connectivity index is 1.96. The molecular weight excluding hydrogens is 310 g/mol. The molecule has 1 saturated carbocycles. The molecule has 3 heteroatoms. The zero-order valence-electron chi connectivity index (χ0n) is 11.1. The maximum Gasteiger partial charge on any atom is 0.0548 e. The van der Waals surface area contributed by atoms with E-state index in [-0.39, 0.29) is 0 Å². The number of hydrogen-bond donors (Lipinski definition) is 1. The van der Waals surface area contributed by atoms with Crippen LogP contribution in [0.4, 0.5) is 0 Å². The molecule has 1 fully saturated rings. The highest BCUT2D eigenvalue weighted by atomic mass is 79.9. The molecule has 100 valence electrons. The lowest BCUT2D eigenvalue weighted by Crippen LogP contribution is -2.43. The van der Waals surface area contributed by atoms with Crippen molar-refractivity contribution in [3.05, 3.63) is 33.3 Å². The topological polar surface area (TPSA) is 12.0 Å². The van der Waals surface area contributed by atoms with Crippen LogP contribution < -0.4 is 5.32 Å². The fraction of sp³-hybridized carbons (Fsp3) is 0.600. The van der Waals surface area contributed by atoms with Crippen LogP contribution in [-0.4, -0.2) is 6.04 Å². The van der Waals surface area contributed by atoms with Crippen molar-refractivity contribution in [1.29, 1.82) is 0 Å². The average Bonchev–Trinajstić information content (AvgIpc) is 2.31. The summed E-state index contributed by atoms with van der Waals surface area (Å²) in [5.74, 6) is 0. The van der Waals surface area contributed by atoms with Gasteiger partial charge in [-0.2, -0.15) is 0 Å². The highest BCUT2D eigenvalue weighted by Crippen LogP contribution is 2.35. The van der Waals surface area contributed by atoms with Crippen molar-refractivity contribution in [3.8, 4) is 0 Å². The summed E-state index contributed by atoms with van der Waals surface area (Å²) in [6, 6.07) is 6.77. The van der Waals surface area contributed by atoms with Gasteiger partial charge in [0.15, 0.2) is 0 Å². The van der Waals surface area contributed by atoms with Crippen LogP contribution in [0, 0.1) is 5.41 Å². The van der Waals surface area contributed by atoms with E-state index in [0.717, 1.165) is 16.0 Å². The molecule has 1 unspecified atom stereocenters. The summed E-state index contributed by atoms with van der Waals surface area (Å²) in [6.07, 6.45) is 5.35. The van der Waals surface area contributed by atoms with Crippen LogP contribution in [-0.2, 0) is 6.54 Å². The van der Waals surface area contributed by atoms with Gasteiger partial charge in [-0.15, -0.1) is 0 Å². The number of nitrogens with one attached hydrogen (secondary N) is 1. The van der Waals surface area contributed by atoms with Gasteiger partial charge in [-0.1, -0.05) is 44.4 Å². The quantitative estimate of drug-likeness (QED) is 0.807. The molecule has 0 radical (unpaired) electrons. The second-order valence-corrected chi connectivity index (χ2v) is 7.18. The SMILES string of the molecule is CC1(C)CCCCC1NCc1ccc(Cl)c(Br)c1. The maximum atomic E-state index is 6.01. The van der Waals surface area contributed by atoms with Gasteiger partial charge in [-0.3, -0.25) is 0 Å². The molecule has 0 bridgehead atoms. The Hall–Kier alpha value is -0.0500. The second kappa shape index (κ2) is 5.94. The lowest BCUT2D eigenvalue weighted by molar-refractivity contribution is 0.167. The molecule has 1 nitrogen and oxygen atoms in total. The summed E-state index contributed by atoms with van der Waals surface area (Å²) in [5.41, 5.74) is 1.70. The Kier molecular flexibility index (Phi) is 4.74. The number of halogens is 2. The van der Waals surface area contributed by atoms with E-state index in [0.29, 0.717) is 11.5 Å².